The van der Waals surface area contributed by atoms with Crippen molar-refractivity contribution in [3.8, 4) is 11.5 Å². The van der Waals surface area contributed by atoms with Crippen LogP contribution < -0.4 is 19.7 Å². The van der Waals surface area contributed by atoms with E-state index in [1.165, 1.54) is 4.68 Å². The SMILES string of the molecule is COc1ccc2c(c1)[C@]1(C[C@H]1c1ccc3c(Nc4nn(C)cc4OC)nn(C(=O)OC(C)(C)C)c3c1)C(=O)N2C(=O)OC(C)(C)C. The number of benzene rings is 2. The van der Waals surface area contributed by atoms with E-state index in [1.54, 1.807) is 85.8 Å². The number of anilines is 3. The summed E-state index contributed by atoms with van der Waals surface area (Å²) in [5, 5.41) is 12.8. The van der Waals surface area contributed by atoms with Crippen LogP contribution in [0.3, 0.4) is 0 Å². The molecular weight excluding hydrogens is 592 g/mol. The van der Waals surface area contributed by atoms with Crippen molar-refractivity contribution in [1.82, 2.24) is 19.6 Å². The minimum absolute atomic E-state index is 0.294. The third kappa shape index (κ3) is 5.19. The lowest BCUT2D eigenvalue weighted by molar-refractivity contribution is -0.120. The first-order valence-electron chi connectivity index (χ1n) is 14.9. The standard InChI is InChI=1S/C33H38N6O7/c1-31(2,3)45-29(41)38-23-13-11-19(43-8)15-21(23)33(28(38)40)16-22(33)18-10-12-20-24(14-18)39(30(42)46-32(4,5)6)36-26(20)34-27-25(44-9)17-37(7)35-27/h10-15,17,22H,16H2,1-9H3,(H,34,35,36)/t22-,33-/m0/s1. The predicted octanol–water partition coefficient (Wildman–Crippen LogP) is 6.02. The van der Waals surface area contributed by atoms with Crippen LogP contribution in [0.1, 0.15) is 65.0 Å². The van der Waals surface area contributed by atoms with E-state index in [0.29, 0.717) is 51.7 Å². The molecule has 6 rings (SSSR count). The first-order valence-corrected chi connectivity index (χ1v) is 14.9. The van der Waals surface area contributed by atoms with Gasteiger partial charge in [0.1, 0.15) is 17.0 Å². The fourth-order valence-corrected chi connectivity index (χ4v) is 6.01. The summed E-state index contributed by atoms with van der Waals surface area (Å²) in [6, 6.07) is 10.8. The first-order chi connectivity index (χ1) is 21.6. The van der Waals surface area contributed by atoms with Gasteiger partial charge in [0.2, 0.25) is 5.91 Å². The van der Waals surface area contributed by atoms with Crippen LogP contribution in [0.15, 0.2) is 42.6 Å². The summed E-state index contributed by atoms with van der Waals surface area (Å²) >= 11 is 0. The van der Waals surface area contributed by atoms with Gasteiger partial charge in [0.15, 0.2) is 17.4 Å². The van der Waals surface area contributed by atoms with E-state index >= 15 is 0 Å². The van der Waals surface area contributed by atoms with Crippen molar-refractivity contribution in [2.45, 2.75) is 70.5 Å². The third-order valence-corrected chi connectivity index (χ3v) is 7.97. The van der Waals surface area contributed by atoms with Crippen LogP contribution >= 0.6 is 0 Å². The van der Waals surface area contributed by atoms with Crippen molar-refractivity contribution in [2.24, 2.45) is 7.05 Å². The number of fused-ring (bicyclic) bond motifs is 3. The molecule has 0 unspecified atom stereocenters. The number of rotatable bonds is 5. The maximum Gasteiger partial charge on any atom is 0.435 e. The summed E-state index contributed by atoms with van der Waals surface area (Å²) in [4.78, 5) is 42.0. The van der Waals surface area contributed by atoms with Gasteiger partial charge in [-0.3, -0.25) is 9.48 Å². The smallest absolute Gasteiger partial charge is 0.435 e. The van der Waals surface area contributed by atoms with E-state index in [0.717, 1.165) is 10.5 Å². The van der Waals surface area contributed by atoms with Gasteiger partial charge in [0.05, 0.1) is 37.0 Å². The van der Waals surface area contributed by atoms with Gasteiger partial charge in [-0.15, -0.1) is 5.10 Å². The van der Waals surface area contributed by atoms with Crippen molar-refractivity contribution in [3.05, 3.63) is 53.7 Å². The normalized spacial score (nSPS) is 18.9. The number of nitrogens with zero attached hydrogens (tertiary/aromatic N) is 5. The number of aryl methyl sites for hydroxylation is 1. The van der Waals surface area contributed by atoms with Crippen LogP contribution in [0, 0.1) is 0 Å². The predicted molar refractivity (Wildman–Crippen MR) is 170 cm³/mol. The molecule has 13 heteroatoms. The van der Waals surface area contributed by atoms with Crippen molar-refractivity contribution in [2.75, 3.05) is 24.4 Å². The van der Waals surface area contributed by atoms with Gasteiger partial charge in [0.25, 0.3) is 0 Å². The lowest BCUT2D eigenvalue weighted by Gasteiger charge is -2.24. The van der Waals surface area contributed by atoms with Crippen LogP contribution in [0.2, 0.25) is 0 Å². The zero-order chi connectivity index (χ0) is 33.3. The number of hydrogen-bond acceptors (Lipinski definition) is 10. The number of methoxy groups -OCH3 is 2. The van der Waals surface area contributed by atoms with Gasteiger partial charge in [-0.2, -0.15) is 9.78 Å². The highest BCUT2D eigenvalue weighted by Crippen LogP contribution is 2.67. The van der Waals surface area contributed by atoms with Gasteiger partial charge in [0, 0.05) is 18.4 Å². The van der Waals surface area contributed by atoms with Crippen molar-refractivity contribution >= 4 is 46.3 Å². The highest BCUT2D eigenvalue weighted by Gasteiger charge is 2.68. The van der Waals surface area contributed by atoms with Gasteiger partial charge >= 0.3 is 12.2 Å². The molecule has 0 saturated heterocycles. The average Bonchev–Trinajstić information content (AvgIpc) is 3.36. The molecule has 2 aromatic heterocycles. The number of hydrogen-bond donors (Lipinski definition) is 1. The number of aromatic nitrogens is 4. The molecule has 0 radical (unpaired) electrons. The average molecular weight is 631 g/mol. The molecule has 0 bridgehead atoms. The van der Waals surface area contributed by atoms with Crippen LogP contribution in [0.5, 0.6) is 11.5 Å². The second-order valence-corrected chi connectivity index (χ2v) is 13.6. The Labute approximate surface area is 266 Å². The number of amides is 2. The molecule has 1 aliphatic carbocycles. The van der Waals surface area contributed by atoms with Gasteiger partial charge in [-0.05, 0) is 89.4 Å². The summed E-state index contributed by atoms with van der Waals surface area (Å²) in [6.07, 6.45) is 0.773. The molecule has 2 atom stereocenters. The molecule has 1 N–H and O–H groups in total. The van der Waals surface area contributed by atoms with Crippen LogP contribution in [0.25, 0.3) is 10.9 Å². The van der Waals surface area contributed by atoms with Crippen molar-refractivity contribution in [1.29, 1.82) is 0 Å². The molecule has 3 heterocycles. The molecule has 46 heavy (non-hydrogen) atoms. The number of nitrogens with one attached hydrogen (secondary N) is 1. The Balaban J connectivity index is 1.43. The minimum Gasteiger partial charge on any atom is -0.497 e. The first kappa shape index (κ1) is 30.9. The monoisotopic (exact) mass is 630 g/mol. The molecular formula is C33H38N6O7. The summed E-state index contributed by atoms with van der Waals surface area (Å²) in [5.41, 5.74) is -0.128. The minimum atomic E-state index is -1.01. The Bertz CT molecular complexity index is 1900. The van der Waals surface area contributed by atoms with Crippen LogP contribution in [0.4, 0.5) is 26.9 Å². The topological polar surface area (TPSA) is 139 Å². The van der Waals surface area contributed by atoms with E-state index in [4.69, 9.17) is 18.9 Å². The second kappa shape index (κ2) is 10.5. The van der Waals surface area contributed by atoms with E-state index in [-0.39, 0.29) is 11.8 Å². The molecule has 2 aliphatic rings. The van der Waals surface area contributed by atoms with Crippen molar-refractivity contribution < 1.29 is 33.3 Å². The highest BCUT2D eigenvalue weighted by molar-refractivity contribution is 6.23. The summed E-state index contributed by atoms with van der Waals surface area (Å²) in [5.74, 6) is 1.22. The quantitative estimate of drug-likeness (QED) is 0.278. The molecule has 1 aliphatic heterocycles. The highest BCUT2D eigenvalue weighted by atomic mass is 16.6. The second-order valence-electron chi connectivity index (χ2n) is 13.6. The van der Waals surface area contributed by atoms with E-state index < -0.39 is 28.8 Å². The molecule has 1 fully saturated rings. The number of carbonyl (C=O) groups excluding carboxylic acids is 3. The Hall–Kier alpha value is -5.07. The summed E-state index contributed by atoms with van der Waals surface area (Å²) < 4.78 is 25.1. The van der Waals surface area contributed by atoms with E-state index in [1.807, 2.05) is 24.3 Å². The van der Waals surface area contributed by atoms with Gasteiger partial charge < -0.3 is 24.3 Å². The zero-order valence-electron chi connectivity index (χ0n) is 27.4. The number of carbonyl (C=O) groups is 3. The van der Waals surface area contributed by atoms with Gasteiger partial charge in [-0.1, -0.05) is 6.07 Å². The molecule has 4 aromatic rings. The Morgan fingerprint density at radius 1 is 0.913 bits per heavy atom. The molecule has 1 saturated carbocycles. The Morgan fingerprint density at radius 3 is 2.26 bits per heavy atom. The lowest BCUT2D eigenvalue weighted by Crippen LogP contribution is -2.41. The zero-order valence-corrected chi connectivity index (χ0v) is 27.4. The Morgan fingerprint density at radius 2 is 1.61 bits per heavy atom. The maximum absolute atomic E-state index is 14.2. The molecule has 1 spiro atoms. The fraction of sp³-hybridized carbons (Fsp3) is 0.424. The summed E-state index contributed by atoms with van der Waals surface area (Å²) in [7, 11) is 4.86. The van der Waals surface area contributed by atoms with Gasteiger partial charge in [-0.25, -0.2) is 14.5 Å². The molecule has 13 nitrogen and oxygen atoms in total. The number of ether oxygens (including phenoxy) is 4. The summed E-state index contributed by atoms with van der Waals surface area (Å²) in [6.45, 7) is 10.6. The molecule has 242 valence electrons. The van der Waals surface area contributed by atoms with E-state index in [9.17, 15) is 14.4 Å². The molecule has 2 aromatic carbocycles. The number of imide groups is 1. The third-order valence-electron chi connectivity index (χ3n) is 7.97. The maximum atomic E-state index is 14.2. The Kier molecular flexibility index (Phi) is 7.06. The van der Waals surface area contributed by atoms with Crippen LogP contribution in [-0.4, -0.2) is 63.1 Å². The fourth-order valence-electron chi connectivity index (χ4n) is 6.01. The van der Waals surface area contributed by atoms with Crippen LogP contribution in [-0.2, 0) is 26.7 Å². The lowest BCUT2D eigenvalue weighted by atomic mass is 9.91. The largest absolute Gasteiger partial charge is 0.497 e. The van der Waals surface area contributed by atoms with E-state index in [2.05, 4.69) is 15.5 Å². The molecule has 2 amide bonds. The van der Waals surface area contributed by atoms with Crippen molar-refractivity contribution in [3.63, 3.8) is 0 Å².